The van der Waals surface area contributed by atoms with E-state index in [0.717, 1.165) is 12.8 Å². The number of ether oxygens (including phenoxy) is 1. The fourth-order valence-electron chi connectivity index (χ4n) is 2.57. The Morgan fingerprint density at radius 1 is 1.40 bits per heavy atom. The molecule has 0 bridgehead atoms. The van der Waals surface area contributed by atoms with Gasteiger partial charge in [-0.15, -0.1) is 0 Å². The summed E-state index contributed by atoms with van der Waals surface area (Å²) in [6.07, 6.45) is 4.54. The molecule has 1 unspecified atom stereocenters. The van der Waals surface area contributed by atoms with E-state index in [1.165, 1.54) is 12.8 Å². The number of carbonyl (C=O) groups excluding carboxylic acids is 1. The summed E-state index contributed by atoms with van der Waals surface area (Å²) < 4.78 is 5.16. The molecule has 5 heteroatoms. The van der Waals surface area contributed by atoms with Gasteiger partial charge in [-0.1, -0.05) is 36.0 Å². The molecule has 0 aliphatic heterocycles. The third-order valence-corrected chi connectivity index (χ3v) is 4.13. The van der Waals surface area contributed by atoms with E-state index in [1.54, 1.807) is 25.1 Å². The Morgan fingerprint density at radius 2 is 2.10 bits per heavy atom. The highest BCUT2D eigenvalue weighted by Crippen LogP contribution is 2.29. The van der Waals surface area contributed by atoms with Gasteiger partial charge in [0, 0.05) is 21.7 Å². The van der Waals surface area contributed by atoms with Gasteiger partial charge >= 0.3 is 5.97 Å². The molecule has 0 spiro atoms. The summed E-state index contributed by atoms with van der Waals surface area (Å²) in [5.41, 5.74) is 0.685. The molecular weight excluding hydrogens is 297 g/mol. The first-order valence-corrected chi connectivity index (χ1v) is 7.75. The normalized spacial score (nSPS) is 17.1. The van der Waals surface area contributed by atoms with E-state index in [1.807, 2.05) is 0 Å². The van der Waals surface area contributed by atoms with Gasteiger partial charge in [0.2, 0.25) is 0 Å². The maximum Gasteiger partial charge on any atom is 0.327 e. The second kappa shape index (κ2) is 7.30. The summed E-state index contributed by atoms with van der Waals surface area (Å²) in [6, 6.07) is 4.93. The molecule has 1 N–H and O–H groups in total. The Morgan fingerprint density at radius 3 is 2.75 bits per heavy atom. The van der Waals surface area contributed by atoms with Crippen molar-refractivity contribution in [2.24, 2.45) is 0 Å². The van der Waals surface area contributed by atoms with Crippen molar-refractivity contribution in [1.29, 1.82) is 0 Å². The zero-order valence-corrected chi connectivity index (χ0v) is 13.0. The average Bonchev–Trinajstić information content (AvgIpc) is 2.92. The number of hydrogen-bond donors (Lipinski definition) is 1. The van der Waals surface area contributed by atoms with E-state index < -0.39 is 6.04 Å². The molecular formula is C15H19Cl2NO2. The van der Waals surface area contributed by atoms with Crippen LogP contribution in [0.4, 0.5) is 0 Å². The molecule has 0 saturated heterocycles. The van der Waals surface area contributed by atoms with E-state index in [9.17, 15) is 4.79 Å². The minimum atomic E-state index is -0.552. The van der Waals surface area contributed by atoms with Crippen molar-refractivity contribution in [2.45, 2.75) is 44.7 Å². The Balaban J connectivity index is 2.24. The van der Waals surface area contributed by atoms with Gasteiger partial charge in [-0.25, -0.2) is 4.79 Å². The number of halogens is 2. The third-order valence-electron chi connectivity index (χ3n) is 3.55. The molecule has 0 amide bonds. The van der Waals surface area contributed by atoms with Crippen LogP contribution in [0.5, 0.6) is 0 Å². The van der Waals surface area contributed by atoms with E-state index in [2.05, 4.69) is 5.32 Å². The van der Waals surface area contributed by atoms with Crippen molar-refractivity contribution in [1.82, 2.24) is 5.32 Å². The Bertz CT molecular complexity index is 473. The van der Waals surface area contributed by atoms with E-state index in [0.29, 0.717) is 28.3 Å². The number of esters is 1. The Hall–Kier alpha value is -0.770. The monoisotopic (exact) mass is 315 g/mol. The van der Waals surface area contributed by atoms with Gasteiger partial charge in [-0.05, 0) is 38.0 Å². The Labute approximate surface area is 129 Å². The fraction of sp³-hybridized carbons (Fsp3) is 0.533. The van der Waals surface area contributed by atoms with Crippen molar-refractivity contribution in [3.63, 3.8) is 0 Å². The van der Waals surface area contributed by atoms with Crippen LogP contribution in [0.1, 0.15) is 44.2 Å². The van der Waals surface area contributed by atoms with Crippen molar-refractivity contribution >= 4 is 29.2 Å². The molecule has 1 aliphatic rings. The zero-order chi connectivity index (χ0) is 14.5. The minimum absolute atomic E-state index is 0.302. The SMILES string of the molecule is CCOC(=O)C(NC1CCCC1)c1cc(Cl)ccc1Cl. The first-order valence-electron chi connectivity index (χ1n) is 6.99. The van der Waals surface area contributed by atoms with Gasteiger partial charge in [-0.3, -0.25) is 5.32 Å². The second-order valence-corrected chi connectivity index (χ2v) is 5.84. The number of rotatable bonds is 5. The van der Waals surface area contributed by atoms with Crippen LogP contribution in [0.15, 0.2) is 18.2 Å². The lowest BCUT2D eigenvalue weighted by molar-refractivity contribution is -0.146. The zero-order valence-electron chi connectivity index (χ0n) is 11.5. The van der Waals surface area contributed by atoms with Crippen LogP contribution in [0.25, 0.3) is 0 Å². The van der Waals surface area contributed by atoms with Gasteiger partial charge in [0.05, 0.1) is 6.61 Å². The molecule has 2 rings (SSSR count). The summed E-state index contributed by atoms with van der Waals surface area (Å²) in [5, 5.41) is 4.46. The topological polar surface area (TPSA) is 38.3 Å². The second-order valence-electron chi connectivity index (χ2n) is 5.00. The van der Waals surface area contributed by atoms with Gasteiger partial charge in [0.25, 0.3) is 0 Å². The standard InChI is InChI=1S/C15H19Cl2NO2/c1-2-20-15(19)14(18-11-5-3-4-6-11)12-9-10(16)7-8-13(12)17/h7-9,11,14,18H,2-6H2,1H3. The van der Waals surface area contributed by atoms with Crippen LogP contribution in [-0.2, 0) is 9.53 Å². The largest absolute Gasteiger partial charge is 0.465 e. The lowest BCUT2D eigenvalue weighted by Crippen LogP contribution is -2.36. The van der Waals surface area contributed by atoms with Gasteiger partial charge < -0.3 is 4.74 Å². The first-order chi connectivity index (χ1) is 9.61. The predicted molar refractivity (Wildman–Crippen MR) is 81.2 cm³/mol. The maximum atomic E-state index is 12.2. The maximum absolute atomic E-state index is 12.2. The van der Waals surface area contributed by atoms with E-state index >= 15 is 0 Å². The number of nitrogens with one attached hydrogen (secondary N) is 1. The summed E-state index contributed by atoms with van der Waals surface area (Å²) in [5.74, 6) is -0.302. The molecule has 1 aromatic rings. The van der Waals surface area contributed by atoms with Crippen LogP contribution in [0, 0.1) is 0 Å². The predicted octanol–water partition coefficient (Wildman–Crippen LogP) is 4.13. The molecule has 3 nitrogen and oxygen atoms in total. The smallest absolute Gasteiger partial charge is 0.327 e. The van der Waals surface area contributed by atoms with Crippen LogP contribution in [-0.4, -0.2) is 18.6 Å². The molecule has 1 aromatic carbocycles. The molecule has 1 aliphatic carbocycles. The highest BCUT2D eigenvalue weighted by atomic mass is 35.5. The Kier molecular flexibility index (Phi) is 5.70. The highest BCUT2D eigenvalue weighted by molar-refractivity contribution is 6.33. The van der Waals surface area contributed by atoms with Gasteiger partial charge in [0.1, 0.15) is 6.04 Å². The van der Waals surface area contributed by atoms with Crippen molar-refractivity contribution in [3.8, 4) is 0 Å². The van der Waals surface area contributed by atoms with Gasteiger partial charge in [-0.2, -0.15) is 0 Å². The van der Waals surface area contributed by atoms with Crippen LogP contribution >= 0.6 is 23.2 Å². The summed E-state index contributed by atoms with van der Waals surface area (Å²) in [6.45, 7) is 2.14. The van der Waals surface area contributed by atoms with Crippen LogP contribution in [0.3, 0.4) is 0 Å². The minimum Gasteiger partial charge on any atom is -0.465 e. The molecule has 110 valence electrons. The van der Waals surface area contributed by atoms with Gasteiger partial charge in [0.15, 0.2) is 0 Å². The molecule has 0 heterocycles. The molecule has 0 aromatic heterocycles. The van der Waals surface area contributed by atoms with Crippen LogP contribution in [0.2, 0.25) is 10.0 Å². The molecule has 1 fully saturated rings. The van der Waals surface area contributed by atoms with Crippen LogP contribution < -0.4 is 5.32 Å². The average molecular weight is 316 g/mol. The number of benzene rings is 1. The van der Waals surface area contributed by atoms with E-state index in [-0.39, 0.29) is 5.97 Å². The molecule has 20 heavy (non-hydrogen) atoms. The lowest BCUT2D eigenvalue weighted by atomic mass is 10.1. The van der Waals surface area contributed by atoms with Crippen molar-refractivity contribution in [3.05, 3.63) is 33.8 Å². The third kappa shape index (κ3) is 3.87. The summed E-state index contributed by atoms with van der Waals surface area (Å²) >= 11 is 12.2. The number of carbonyl (C=O) groups is 1. The van der Waals surface area contributed by atoms with E-state index in [4.69, 9.17) is 27.9 Å². The molecule has 1 saturated carbocycles. The number of hydrogen-bond acceptors (Lipinski definition) is 3. The molecule has 0 radical (unpaired) electrons. The molecule has 1 atom stereocenters. The first kappa shape index (κ1) is 15.6. The highest BCUT2D eigenvalue weighted by Gasteiger charge is 2.28. The summed E-state index contributed by atoms with van der Waals surface area (Å²) in [7, 11) is 0. The lowest BCUT2D eigenvalue weighted by Gasteiger charge is -2.22. The fourth-order valence-corrected chi connectivity index (χ4v) is 2.98. The van der Waals surface area contributed by atoms with Crippen molar-refractivity contribution in [2.75, 3.05) is 6.61 Å². The van der Waals surface area contributed by atoms with Crippen molar-refractivity contribution < 1.29 is 9.53 Å². The summed E-state index contributed by atoms with van der Waals surface area (Å²) in [4.78, 5) is 12.2. The quantitative estimate of drug-likeness (QED) is 0.830.